The molecule has 4 nitrogen and oxygen atoms in total. The molecule has 1 aliphatic heterocycles. The molecule has 0 spiro atoms. The predicted octanol–water partition coefficient (Wildman–Crippen LogP) is 3.23. The minimum absolute atomic E-state index is 0.0261. The number of rotatable bonds is 4. The van der Waals surface area contributed by atoms with Gasteiger partial charge in [-0.2, -0.15) is 0 Å². The molecule has 1 amide bonds. The van der Waals surface area contributed by atoms with Gasteiger partial charge in [0.05, 0.1) is 26.2 Å². The first-order valence-electron chi connectivity index (χ1n) is 8.27. The Kier molecular flexibility index (Phi) is 5.16. The van der Waals surface area contributed by atoms with E-state index in [0.29, 0.717) is 19.5 Å². The average Bonchev–Trinajstić information content (AvgIpc) is 2.62. The maximum absolute atomic E-state index is 12.7. The molecule has 0 radical (unpaired) electrons. The zero-order valence-electron chi connectivity index (χ0n) is 14.1. The van der Waals surface area contributed by atoms with E-state index in [1.165, 1.54) is 0 Å². The van der Waals surface area contributed by atoms with E-state index in [2.05, 4.69) is 0 Å². The van der Waals surface area contributed by atoms with E-state index < -0.39 is 0 Å². The lowest BCUT2D eigenvalue weighted by atomic mass is 10.1. The molecule has 0 N–H and O–H groups in total. The smallest absolute Gasteiger partial charge is 0.227 e. The number of carbonyl (C=O) groups excluding carboxylic acids is 1. The molecule has 0 bridgehead atoms. The summed E-state index contributed by atoms with van der Waals surface area (Å²) in [7, 11) is 1.63. The van der Waals surface area contributed by atoms with Gasteiger partial charge in [-0.1, -0.05) is 42.5 Å². The second-order valence-corrected chi connectivity index (χ2v) is 6.17. The molecule has 1 aliphatic rings. The molecule has 0 saturated carbocycles. The largest absolute Gasteiger partial charge is 0.497 e. The first-order chi connectivity index (χ1) is 11.7. The van der Waals surface area contributed by atoms with Gasteiger partial charge in [-0.15, -0.1) is 0 Å². The third-order valence-electron chi connectivity index (χ3n) is 4.27. The number of hydrogen-bond acceptors (Lipinski definition) is 3. The highest BCUT2D eigenvalue weighted by Crippen LogP contribution is 2.25. The molecule has 2 atom stereocenters. The highest BCUT2D eigenvalue weighted by molar-refractivity contribution is 5.79. The van der Waals surface area contributed by atoms with Crippen molar-refractivity contribution in [3.05, 3.63) is 65.7 Å². The van der Waals surface area contributed by atoms with E-state index in [1.807, 2.05) is 66.4 Å². The van der Waals surface area contributed by atoms with Crippen molar-refractivity contribution < 1.29 is 14.3 Å². The maximum atomic E-state index is 12.7. The third kappa shape index (κ3) is 3.95. The van der Waals surface area contributed by atoms with Crippen molar-refractivity contribution in [2.24, 2.45) is 0 Å². The monoisotopic (exact) mass is 325 g/mol. The second kappa shape index (κ2) is 7.49. The highest BCUT2D eigenvalue weighted by atomic mass is 16.5. The quantitative estimate of drug-likeness (QED) is 0.866. The van der Waals surface area contributed by atoms with Gasteiger partial charge in [-0.3, -0.25) is 4.79 Å². The number of nitrogens with zero attached hydrogens (tertiary/aromatic N) is 1. The summed E-state index contributed by atoms with van der Waals surface area (Å²) in [5.74, 6) is 0.900. The summed E-state index contributed by atoms with van der Waals surface area (Å²) in [4.78, 5) is 14.6. The van der Waals surface area contributed by atoms with Crippen molar-refractivity contribution in [2.75, 3.05) is 20.2 Å². The highest BCUT2D eigenvalue weighted by Gasteiger charge is 2.29. The molecule has 0 aliphatic carbocycles. The van der Waals surface area contributed by atoms with Crippen LogP contribution in [0.5, 0.6) is 5.75 Å². The third-order valence-corrected chi connectivity index (χ3v) is 4.27. The molecule has 2 aromatic rings. The van der Waals surface area contributed by atoms with Gasteiger partial charge in [0.2, 0.25) is 5.91 Å². The number of morpholine rings is 1. The summed E-state index contributed by atoms with van der Waals surface area (Å²) >= 11 is 0. The Morgan fingerprint density at radius 3 is 2.71 bits per heavy atom. The predicted molar refractivity (Wildman–Crippen MR) is 93.0 cm³/mol. The van der Waals surface area contributed by atoms with Crippen LogP contribution in [0.15, 0.2) is 54.6 Å². The van der Waals surface area contributed by atoms with Crippen molar-refractivity contribution in [1.29, 1.82) is 0 Å². The van der Waals surface area contributed by atoms with E-state index >= 15 is 0 Å². The zero-order valence-corrected chi connectivity index (χ0v) is 14.1. The van der Waals surface area contributed by atoms with Gasteiger partial charge in [0.25, 0.3) is 0 Å². The average molecular weight is 325 g/mol. The minimum atomic E-state index is -0.0655. The van der Waals surface area contributed by atoms with Gasteiger partial charge in [0.15, 0.2) is 0 Å². The van der Waals surface area contributed by atoms with Crippen LogP contribution in [0.25, 0.3) is 0 Å². The second-order valence-electron chi connectivity index (χ2n) is 6.17. The van der Waals surface area contributed by atoms with Crippen LogP contribution in [0.3, 0.4) is 0 Å². The summed E-state index contributed by atoms with van der Waals surface area (Å²) in [5, 5.41) is 0. The van der Waals surface area contributed by atoms with Crippen molar-refractivity contribution in [1.82, 2.24) is 4.90 Å². The van der Waals surface area contributed by atoms with Gasteiger partial charge in [0.1, 0.15) is 11.9 Å². The molecule has 0 aromatic heterocycles. The Balaban J connectivity index is 1.69. The Hall–Kier alpha value is -2.33. The van der Waals surface area contributed by atoms with Crippen LogP contribution in [0.1, 0.15) is 24.2 Å². The molecule has 24 heavy (non-hydrogen) atoms. The van der Waals surface area contributed by atoms with Crippen LogP contribution in [0.4, 0.5) is 0 Å². The van der Waals surface area contributed by atoms with Crippen LogP contribution in [-0.2, 0) is 16.0 Å². The maximum Gasteiger partial charge on any atom is 0.227 e. The number of benzene rings is 2. The molecule has 126 valence electrons. The van der Waals surface area contributed by atoms with Gasteiger partial charge in [0, 0.05) is 6.54 Å². The fourth-order valence-electron chi connectivity index (χ4n) is 3.08. The van der Waals surface area contributed by atoms with Crippen LogP contribution >= 0.6 is 0 Å². The molecule has 4 heteroatoms. The Labute approximate surface area is 143 Å². The Morgan fingerprint density at radius 2 is 1.96 bits per heavy atom. The number of carbonyl (C=O) groups is 1. The van der Waals surface area contributed by atoms with Crippen molar-refractivity contribution >= 4 is 5.91 Å². The lowest BCUT2D eigenvalue weighted by Gasteiger charge is -2.37. The summed E-state index contributed by atoms with van der Waals surface area (Å²) in [6, 6.07) is 17.8. The molecule has 1 saturated heterocycles. The standard InChI is InChI=1S/C20H23NO3/c1-15-13-21(14-19(24-15)17-8-4-3-5-9-17)20(22)12-16-7-6-10-18(11-16)23-2/h3-11,15,19H,12-14H2,1-2H3. The first-order valence-corrected chi connectivity index (χ1v) is 8.27. The van der Waals surface area contributed by atoms with Crippen LogP contribution in [0, 0.1) is 0 Å². The van der Waals surface area contributed by atoms with Crippen molar-refractivity contribution in [3.8, 4) is 5.75 Å². The summed E-state index contributed by atoms with van der Waals surface area (Å²) in [5.41, 5.74) is 2.08. The van der Waals surface area contributed by atoms with Crippen molar-refractivity contribution in [3.63, 3.8) is 0 Å². The van der Waals surface area contributed by atoms with Crippen LogP contribution in [0.2, 0.25) is 0 Å². The van der Waals surface area contributed by atoms with E-state index in [1.54, 1.807) is 7.11 Å². The van der Waals surface area contributed by atoms with Crippen LogP contribution in [-0.4, -0.2) is 37.1 Å². The SMILES string of the molecule is COc1cccc(CC(=O)N2CC(C)OC(c3ccccc3)C2)c1. The fourth-order valence-corrected chi connectivity index (χ4v) is 3.08. The number of methoxy groups -OCH3 is 1. The molecule has 2 aromatic carbocycles. The topological polar surface area (TPSA) is 38.8 Å². The molecule has 1 heterocycles. The van der Waals surface area contributed by atoms with E-state index in [0.717, 1.165) is 16.9 Å². The molecular weight excluding hydrogens is 302 g/mol. The fraction of sp³-hybridized carbons (Fsp3) is 0.350. The summed E-state index contributed by atoms with van der Waals surface area (Å²) in [6.07, 6.45) is 0.341. The normalized spacial score (nSPS) is 20.7. The molecule has 3 rings (SSSR count). The van der Waals surface area contributed by atoms with Crippen molar-refractivity contribution in [2.45, 2.75) is 25.6 Å². The number of hydrogen-bond donors (Lipinski definition) is 0. The Bertz CT molecular complexity index is 686. The summed E-state index contributed by atoms with van der Waals surface area (Å²) in [6.45, 7) is 3.24. The van der Waals surface area contributed by atoms with E-state index in [4.69, 9.17) is 9.47 Å². The van der Waals surface area contributed by atoms with Gasteiger partial charge in [-0.25, -0.2) is 0 Å². The minimum Gasteiger partial charge on any atom is -0.497 e. The molecule has 2 unspecified atom stereocenters. The Morgan fingerprint density at radius 1 is 1.17 bits per heavy atom. The van der Waals surface area contributed by atoms with E-state index in [-0.39, 0.29) is 18.1 Å². The van der Waals surface area contributed by atoms with Gasteiger partial charge >= 0.3 is 0 Å². The van der Waals surface area contributed by atoms with Gasteiger partial charge in [-0.05, 0) is 30.2 Å². The molecule has 1 fully saturated rings. The number of ether oxygens (including phenoxy) is 2. The number of amides is 1. The van der Waals surface area contributed by atoms with Gasteiger partial charge < -0.3 is 14.4 Å². The van der Waals surface area contributed by atoms with E-state index in [9.17, 15) is 4.79 Å². The lowest BCUT2D eigenvalue weighted by Crippen LogP contribution is -2.46. The molecular formula is C20H23NO3. The lowest BCUT2D eigenvalue weighted by molar-refractivity contribution is -0.144. The summed E-state index contributed by atoms with van der Waals surface area (Å²) < 4.78 is 11.3. The first kappa shape index (κ1) is 16.5. The zero-order chi connectivity index (χ0) is 16.9. The van der Waals surface area contributed by atoms with Crippen LogP contribution < -0.4 is 4.74 Å².